The molecule has 0 bridgehead atoms. The predicted octanol–water partition coefficient (Wildman–Crippen LogP) is 7.99. The molecule has 86 heavy (non-hydrogen) atoms. The van der Waals surface area contributed by atoms with Crippen molar-refractivity contribution >= 4 is 84.6 Å². The molecule has 10 atom stereocenters. The minimum Gasteiger partial charge on any atom is -0.492 e. The molecule has 0 unspecified atom stereocenters. The highest BCUT2D eigenvalue weighted by Crippen LogP contribution is 2.65. The Kier molecular flexibility index (Phi) is 15.5. The van der Waals surface area contributed by atoms with Crippen molar-refractivity contribution in [3.63, 3.8) is 0 Å². The van der Waals surface area contributed by atoms with Gasteiger partial charge in [-0.1, -0.05) is 66.7 Å². The molecule has 1 amide bonds. The Hall–Kier alpha value is -7.98. The number of nitrogen functional groups attached to an aromatic ring is 2. The summed E-state index contributed by atoms with van der Waals surface area (Å²) in [6.45, 7) is -3.13. The lowest BCUT2D eigenvalue weighted by molar-refractivity contribution is -0.118. The van der Waals surface area contributed by atoms with E-state index >= 15 is 13.3 Å². The number of hydrogen-bond donors (Lipinski definition) is 2. The van der Waals surface area contributed by atoms with Crippen molar-refractivity contribution in [2.45, 2.75) is 81.4 Å². The number of rotatable bonds is 12. The minimum atomic E-state index is -4.58. The van der Waals surface area contributed by atoms with E-state index in [2.05, 4.69) is 35.2 Å². The molecule has 0 spiro atoms. The van der Waals surface area contributed by atoms with E-state index in [9.17, 15) is 14.2 Å². The van der Waals surface area contributed by atoms with Gasteiger partial charge in [0.05, 0.1) is 61.6 Å². The second-order valence-electron chi connectivity index (χ2n) is 20.5. The Labute approximate surface area is 492 Å². The summed E-state index contributed by atoms with van der Waals surface area (Å²) in [5, 5.41) is 9.15. The molecule has 4 aromatic carbocycles. The molecule has 4 N–H and O–H groups in total. The van der Waals surface area contributed by atoms with Crippen molar-refractivity contribution in [1.82, 2.24) is 49.0 Å². The van der Waals surface area contributed by atoms with E-state index < -0.39 is 82.7 Å². The molecule has 9 heterocycles. The third kappa shape index (κ3) is 11.0. The smallest absolute Gasteiger partial charge is 0.389 e. The Morgan fingerprint density at radius 2 is 1.43 bits per heavy atom. The van der Waals surface area contributed by atoms with Gasteiger partial charge < -0.3 is 44.4 Å². The summed E-state index contributed by atoms with van der Waals surface area (Å²) in [5.41, 5.74) is 18.8. The average molecular weight is 1230 g/mol. The summed E-state index contributed by atoms with van der Waals surface area (Å²) < 4.78 is 116. The molecule has 0 aliphatic carbocycles. The highest BCUT2D eigenvalue weighted by Gasteiger charge is 2.55. The maximum atomic E-state index is 17.1. The van der Waals surface area contributed by atoms with Crippen molar-refractivity contribution < 1.29 is 64.5 Å². The predicted molar refractivity (Wildman–Crippen MR) is 312 cm³/mol. The van der Waals surface area contributed by atoms with Gasteiger partial charge in [0.2, 0.25) is 5.91 Å². The van der Waals surface area contributed by atoms with Crippen molar-refractivity contribution in [3.05, 3.63) is 145 Å². The molecule has 9 aromatic rings. The third-order valence-electron chi connectivity index (χ3n) is 15.0. The molecule has 0 radical (unpaired) electrons. The van der Waals surface area contributed by atoms with Crippen molar-refractivity contribution in [2.75, 3.05) is 36.2 Å². The summed E-state index contributed by atoms with van der Waals surface area (Å²) >= 11 is 0.690. The minimum absolute atomic E-state index is 0.00796. The Morgan fingerprint density at radius 3 is 2.17 bits per heavy atom. The van der Waals surface area contributed by atoms with E-state index in [-0.39, 0.29) is 63.4 Å². The Morgan fingerprint density at radius 1 is 0.767 bits per heavy atom. The number of nitrogens with two attached hydrogens (primary N) is 2. The van der Waals surface area contributed by atoms with Crippen LogP contribution < -0.4 is 25.8 Å². The van der Waals surface area contributed by atoms with Crippen LogP contribution in [0, 0.1) is 0 Å². The summed E-state index contributed by atoms with van der Waals surface area (Å²) in [4.78, 5) is 49.5. The number of imidazole rings is 2. The molecule has 4 aliphatic rings. The number of ether oxygens (including phenoxy) is 4. The first-order valence-electron chi connectivity index (χ1n) is 27.1. The van der Waals surface area contributed by atoms with Crippen LogP contribution in [0.2, 0.25) is 0 Å². The van der Waals surface area contributed by atoms with E-state index in [0.29, 0.717) is 47.9 Å². The Bertz CT molecular complexity index is 4150. The lowest BCUT2D eigenvalue weighted by atomic mass is 9.95. The second-order valence-corrected chi connectivity index (χ2v) is 26.5. The number of para-hydroxylation sites is 1. The number of alkyl halides is 2. The van der Waals surface area contributed by atoms with E-state index in [1.54, 1.807) is 58.1 Å². The molecule has 4 aliphatic heterocycles. The molecule has 31 heteroatoms. The van der Waals surface area contributed by atoms with Crippen LogP contribution in [-0.4, -0.2) is 125 Å². The summed E-state index contributed by atoms with van der Waals surface area (Å²) in [6.07, 6.45) is -7.81. The number of esters is 1. The second kappa shape index (κ2) is 23.4. The van der Waals surface area contributed by atoms with E-state index in [4.69, 9.17) is 48.5 Å². The zero-order valence-electron chi connectivity index (χ0n) is 45.7. The number of hydrogen-bond acceptors (Lipinski definition) is 22. The number of aromatic nitrogens is 10. The standard InChI is InChI=1S/C55H52BF2N13O12P2S/c1-2-41(72)68-23-32-7-3-4-8-35(32)44-47(36-9-5-6-10-38(36)68)71(67-66-44)21-22-76-33-17-13-31(14-18-33)55(73)79-34-15-11-30(12-16-34)26-86-85(75)78-25-40-48(42(57)53(81-40)70-29-65-46-50(60)62-27-63-52(46)70)82-84(56,74)77-24-39-49(83-85)43(58)54(80-39)69-28-64-45-37(59)19-20-61-51(45)69/h3-20,27-29,39-40,42-43,48-49,53-54H,2,21-26,56H2,1H3,(H2,59,61)(H2,60,62,63)/t39-,40-,42-,43-,48-,49-,53-,54-,84+,85-/m1/s1. The molecule has 13 rings (SSSR count). The van der Waals surface area contributed by atoms with E-state index in [1.807, 2.05) is 55.5 Å². The van der Waals surface area contributed by atoms with Crippen LogP contribution in [0.15, 0.2) is 128 Å². The maximum absolute atomic E-state index is 17.1. The number of anilines is 3. The van der Waals surface area contributed by atoms with Gasteiger partial charge in [-0.05, 0) is 71.0 Å². The zero-order chi connectivity index (χ0) is 59.4. The summed E-state index contributed by atoms with van der Waals surface area (Å²) in [6, 6.07) is 29.9. The number of carbonyl (C=O) groups excluding carboxylic acids is 2. The van der Waals surface area contributed by atoms with Gasteiger partial charge in [0.15, 0.2) is 41.9 Å². The molecule has 25 nitrogen and oxygen atoms in total. The molecule has 442 valence electrons. The SMILES string of the molecule is B[P@]1(=O)OC[C@H]2O[C@@H](n3cnc4c(N)ccnc43)[C@H](F)[C@@H]2O[P@](=O)(SCc2ccc(OC(=O)c3ccc(OCCn4nnc5c4-c4ccccc4N(C(=O)CC)Cc4ccccc4-5)cc3)cc2)OC[C@H]2O[C@@H](n3cnc4c(N)ncnc43)[C@H](F)[C@@H]2O1. The first kappa shape index (κ1) is 57.1. The number of carbonyl (C=O) groups is 2. The van der Waals surface area contributed by atoms with Gasteiger partial charge in [-0.25, -0.2) is 47.7 Å². The van der Waals surface area contributed by atoms with Crippen LogP contribution in [-0.2, 0) is 60.3 Å². The van der Waals surface area contributed by atoms with Crippen molar-refractivity contribution in [3.8, 4) is 34.0 Å². The maximum Gasteiger partial charge on any atom is 0.389 e. The molecule has 3 fully saturated rings. The van der Waals surface area contributed by atoms with Gasteiger partial charge in [0.1, 0.15) is 65.6 Å². The topological polar surface area (TPSA) is 302 Å². The zero-order valence-corrected chi connectivity index (χ0v) is 48.3. The number of benzene rings is 4. The number of halogens is 2. The summed E-state index contributed by atoms with van der Waals surface area (Å²) in [7, 11) is -3.11. The molecule has 0 saturated carbocycles. The molecule has 3 saturated heterocycles. The Balaban J connectivity index is 0.689. The largest absolute Gasteiger partial charge is 0.492 e. The van der Waals surface area contributed by atoms with Gasteiger partial charge in [0.25, 0.3) is 15.0 Å². The van der Waals surface area contributed by atoms with Gasteiger partial charge in [-0.2, -0.15) is 0 Å². The van der Waals surface area contributed by atoms with Crippen LogP contribution in [0.1, 0.15) is 47.3 Å². The monoisotopic (exact) mass is 1230 g/mol. The van der Waals surface area contributed by atoms with Gasteiger partial charge in [-0.3, -0.25) is 27.5 Å². The third-order valence-corrected chi connectivity index (χ3v) is 19.9. The lowest BCUT2D eigenvalue weighted by Crippen LogP contribution is -2.37. The fraction of sp³-hybridized carbons (Fsp3) is 0.291. The van der Waals surface area contributed by atoms with Gasteiger partial charge >= 0.3 is 12.8 Å². The first-order valence-corrected chi connectivity index (χ1v) is 32.3. The molecular weight excluding hydrogens is 1180 g/mol. The van der Waals surface area contributed by atoms with Crippen LogP contribution >= 0.6 is 25.7 Å². The van der Waals surface area contributed by atoms with Crippen molar-refractivity contribution in [1.29, 1.82) is 0 Å². The highest BCUT2D eigenvalue weighted by molar-refractivity contribution is 8.54. The van der Waals surface area contributed by atoms with E-state index in [1.165, 1.54) is 40.4 Å². The average Bonchev–Trinajstić information content (AvgIpc) is 2.70. The lowest BCUT2D eigenvalue weighted by Gasteiger charge is -2.30. The van der Waals surface area contributed by atoms with Gasteiger partial charge in [0, 0.05) is 29.5 Å². The fourth-order valence-electron chi connectivity index (χ4n) is 10.7. The number of pyridine rings is 1. The van der Waals surface area contributed by atoms with Gasteiger partial charge in [-0.15, -0.1) is 5.10 Å². The molecule has 5 aromatic heterocycles. The first-order chi connectivity index (χ1) is 41.6. The fourth-order valence-corrected chi connectivity index (χ4v) is 15.3. The van der Waals surface area contributed by atoms with E-state index in [0.717, 1.165) is 35.6 Å². The summed E-state index contributed by atoms with van der Waals surface area (Å²) in [5.74, 6) is -0.0153. The number of fused-ring (bicyclic) bond motifs is 9. The van der Waals surface area contributed by atoms with Crippen LogP contribution in [0.5, 0.6) is 11.5 Å². The van der Waals surface area contributed by atoms with Crippen molar-refractivity contribution in [2.24, 2.45) is 0 Å². The highest BCUT2D eigenvalue weighted by atomic mass is 32.7. The number of amides is 1. The van der Waals surface area contributed by atoms with Crippen LogP contribution in [0.3, 0.4) is 0 Å². The quantitative estimate of drug-likeness (QED) is 0.0506. The molecular formula is C55H52BF2N13O12P2S. The van der Waals surface area contributed by atoms with Crippen LogP contribution in [0.4, 0.5) is 26.0 Å². The normalized spacial score (nSPS) is 25.6. The van der Waals surface area contributed by atoms with Crippen LogP contribution in [0.25, 0.3) is 44.8 Å². The number of nitrogens with zero attached hydrogens (tertiary/aromatic N) is 11.